The van der Waals surface area contributed by atoms with E-state index in [9.17, 15) is 23.2 Å². The number of fused-ring (bicyclic) bond motifs is 1. The van der Waals surface area contributed by atoms with Crippen molar-refractivity contribution in [2.24, 2.45) is 0 Å². The van der Waals surface area contributed by atoms with Gasteiger partial charge in [-0.1, -0.05) is 24.3 Å². The number of hydrazine groups is 1. The minimum Gasteiger partial charge on any atom is -0.467 e. The molecule has 4 amide bonds. The van der Waals surface area contributed by atoms with Gasteiger partial charge in [-0.3, -0.25) is 9.59 Å². The lowest BCUT2D eigenvalue weighted by Crippen LogP contribution is -2.76. The average molecular weight is 524 g/mol. The van der Waals surface area contributed by atoms with Gasteiger partial charge in [-0.25, -0.2) is 23.6 Å². The Morgan fingerprint density at radius 3 is 2.29 bits per heavy atom. The molecule has 2 aromatic carbocycles. The van der Waals surface area contributed by atoms with E-state index < -0.39 is 24.1 Å². The summed E-state index contributed by atoms with van der Waals surface area (Å²) in [5, 5.41) is 5.79. The maximum absolute atomic E-state index is 13.7. The van der Waals surface area contributed by atoms with Gasteiger partial charge in [-0.2, -0.15) is 0 Å². The summed E-state index contributed by atoms with van der Waals surface area (Å²) in [6, 6.07) is 13.7. The third-order valence-electron chi connectivity index (χ3n) is 6.77. The Morgan fingerprint density at radius 2 is 1.66 bits per heavy atom. The van der Waals surface area contributed by atoms with Crippen LogP contribution in [-0.2, 0) is 29.1 Å². The number of benzene rings is 2. The Morgan fingerprint density at radius 1 is 1.00 bits per heavy atom. The number of nitrogens with one attached hydrogen (secondary N) is 1. The Labute approximate surface area is 218 Å². The average Bonchev–Trinajstić information content (AvgIpc) is 3.40. The van der Waals surface area contributed by atoms with Crippen LogP contribution in [0.25, 0.3) is 0 Å². The topological polar surface area (TPSA) is 89.3 Å². The molecule has 5 rings (SSSR count). The zero-order valence-electron chi connectivity index (χ0n) is 20.7. The second-order valence-corrected chi connectivity index (χ2v) is 9.37. The first-order chi connectivity index (χ1) is 18.3. The highest BCUT2D eigenvalue weighted by Crippen LogP contribution is 2.29. The maximum atomic E-state index is 13.7. The molecule has 1 aromatic heterocycles. The molecule has 0 spiro atoms. The fourth-order valence-electron chi connectivity index (χ4n) is 4.94. The zero-order valence-corrected chi connectivity index (χ0v) is 20.7. The smallest absolute Gasteiger partial charge is 0.334 e. The van der Waals surface area contributed by atoms with Gasteiger partial charge in [0.15, 0.2) is 0 Å². The molecular weight excluding hydrogens is 496 g/mol. The highest BCUT2D eigenvalue weighted by molar-refractivity contribution is 5.91. The number of carbonyl (C=O) groups excluding carboxylic acids is 3. The van der Waals surface area contributed by atoms with E-state index in [2.05, 4.69) is 5.32 Å². The van der Waals surface area contributed by atoms with Gasteiger partial charge in [0.1, 0.15) is 29.6 Å². The van der Waals surface area contributed by atoms with Gasteiger partial charge in [-0.05, 0) is 47.5 Å². The summed E-state index contributed by atoms with van der Waals surface area (Å²) in [4.78, 5) is 43.4. The first kappa shape index (κ1) is 25.4. The highest BCUT2D eigenvalue weighted by Gasteiger charge is 2.50. The van der Waals surface area contributed by atoms with Gasteiger partial charge < -0.3 is 19.5 Å². The fraction of sp³-hybridized carbons (Fsp3) is 0.296. The van der Waals surface area contributed by atoms with E-state index in [0.29, 0.717) is 16.9 Å². The van der Waals surface area contributed by atoms with Crippen molar-refractivity contribution in [3.63, 3.8) is 0 Å². The molecule has 1 N–H and O–H groups in total. The monoisotopic (exact) mass is 523 g/mol. The van der Waals surface area contributed by atoms with E-state index in [1.54, 1.807) is 48.3 Å². The summed E-state index contributed by atoms with van der Waals surface area (Å²) in [5.74, 6) is -0.790. The van der Waals surface area contributed by atoms with Gasteiger partial charge in [0.25, 0.3) is 0 Å². The Bertz CT molecular complexity index is 1300. The largest absolute Gasteiger partial charge is 0.467 e. The van der Waals surface area contributed by atoms with Crippen LogP contribution in [0.4, 0.5) is 13.6 Å². The maximum Gasteiger partial charge on any atom is 0.334 e. The van der Waals surface area contributed by atoms with Crippen LogP contribution in [-0.4, -0.2) is 70.0 Å². The van der Waals surface area contributed by atoms with Gasteiger partial charge in [-0.15, -0.1) is 0 Å². The molecule has 3 heterocycles. The quantitative estimate of drug-likeness (QED) is 0.537. The van der Waals surface area contributed by atoms with Crippen LogP contribution in [0.3, 0.4) is 0 Å². The van der Waals surface area contributed by atoms with E-state index in [1.165, 1.54) is 45.4 Å². The minimum atomic E-state index is -0.900. The fourth-order valence-corrected chi connectivity index (χ4v) is 4.94. The van der Waals surface area contributed by atoms with Crippen LogP contribution < -0.4 is 5.32 Å². The summed E-state index contributed by atoms with van der Waals surface area (Å²) in [7, 11) is 1.63. The molecule has 0 saturated carbocycles. The second kappa shape index (κ2) is 10.6. The van der Waals surface area contributed by atoms with Crippen LogP contribution in [0.15, 0.2) is 71.3 Å². The lowest BCUT2D eigenvalue weighted by Gasteiger charge is -2.54. The number of furan rings is 1. The van der Waals surface area contributed by atoms with E-state index >= 15 is 0 Å². The van der Waals surface area contributed by atoms with E-state index in [4.69, 9.17) is 4.42 Å². The molecule has 2 atom stereocenters. The van der Waals surface area contributed by atoms with Crippen molar-refractivity contribution in [3.8, 4) is 0 Å². The van der Waals surface area contributed by atoms with E-state index in [-0.39, 0.29) is 50.2 Å². The standard InChI is InChI=1S/C27H27F2N5O4/c1-31-17-25(35)33-23(13-18-4-8-20(28)9-5-18)26(36)32(15-22-3-2-12-38-22)16-24(33)34(31)27(37)30-14-19-6-10-21(29)11-7-19/h2-12,23-24H,13-17H2,1H3,(H,30,37)/t23-,24-/m0/s1. The first-order valence-corrected chi connectivity index (χ1v) is 12.2. The number of hydrogen-bond donors (Lipinski definition) is 1. The molecule has 11 heteroatoms. The molecule has 9 nitrogen and oxygen atoms in total. The number of piperazine rings is 1. The van der Waals surface area contributed by atoms with Crippen molar-refractivity contribution in [2.45, 2.75) is 31.7 Å². The Hall–Kier alpha value is -4.25. The number of halogens is 2. The minimum absolute atomic E-state index is 0.0689. The third-order valence-corrected chi connectivity index (χ3v) is 6.77. The summed E-state index contributed by atoms with van der Waals surface area (Å²) in [6.07, 6.45) is 0.886. The van der Waals surface area contributed by atoms with E-state index in [0.717, 1.165) is 0 Å². The molecule has 0 aliphatic carbocycles. The number of amides is 4. The van der Waals surface area contributed by atoms with Gasteiger partial charge >= 0.3 is 6.03 Å². The van der Waals surface area contributed by atoms with Crippen molar-refractivity contribution in [3.05, 3.63) is 95.4 Å². The highest BCUT2D eigenvalue weighted by atomic mass is 19.1. The lowest BCUT2D eigenvalue weighted by molar-refractivity contribution is -0.187. The van der Waals surface area contributed by atoms with Crippen molar-refractivity contribution in [1.29, 1.82) is 0 Å². The van der Waals surface area contributed by atoms with Crippen molar-refractivity contribution < 1.29 is 27.6 Å². The van der Waals surface area contributed by atoms with Gasteiger partial charge in [0.05, 0.1) is 25.9 Å². The van der Waals surface area contributed by atoms with Gasteiger partial charge in [0.2, 0.25) is 11.8 Å². The molecule has 2 aliphatic heterocycles. The third kappa shape index (κ3) is 5.23. The number of nitrogens with zero attached hydrogens (tertiary/aromatic N) is 4. The van der Waals surface area contributed by atoms with Crippen molar-refractivity contribution in [2.75, 3.05) is 20.1 Å². The molecule has 3 aromatic rings. The summed E-state index contributed by atoms with van der Waals surface area (Å²) >= 11 is 0. The van der Waals surface area contributed by atoms with Crippen LogP contribution in [0.1, 0.15) is 16.9 Å². The molecule has 0 bridgehead atoms. The normalized spacial score (nSPS) is 20.0. The second-order valence-electron chi connectivity index (χ2n) is 9.37. The van der Waals surface area contributed by atoms with Crippen molar-refractivity contribution in [1.82, 2.24) is 25.1 Å². The van der Waals surface area contributed by atoms with Crippen LogP contribution in [0.5, 0.6) is 0 Å². The first-order valence-electron chi connectivity index (χ1n) is 12.2. The summed E-state index contributed by atoms with van der Waals surface area (Å²) in [6.45, 7) is 0.280. The molecular formula is C27H27F2N5O4. The van der Waals surface area contributed by atoms with E-state index in [1.807, 2.05) is 0 Å². The molecule has 38 heavy (non-hydrogen) atoms. The molecule has 2 fully saturated rings. The van der Waals surface area contributed by atoms with Crippen LogP contribution >= 0.6 is 0 Å². The van der Waals surface area contributed by atoms with Crippen LogP contribution in [0, 0.1) is 11.6 Å². The molecule has 198 valence electrons. The predicted molar refractivity (Wildman–Crippen MR) is 132 cm³/mol. The number of urea groups is 1. The number of rotatable bonds is 6. The summed E-state index contributed by atoms with van der Waals surface area (Å²) < 4.78 is 32.2. The number of carbonyl (C=O) groups is 3. The molecule has 2 aliphatic rings. The summed E-state index contributed by atoms with van der Waals surface area (Å²) in [5.41, 5.74) is 1.39. The number of likely N-dealkylation sites (N-methyl/N-ethyl adjacent to an activating group) is 1. The lowest BCUT2D eigenvalue weighted by atomic mass is 9.98. The Balaban J connectivity index is 1.43. The van der Waals surface area contributed by atoms with Gasteiger partial charge in [0, 0.05) is 20.0 Å². The zero-order chi connectivity index (χ0) is 26.8. The Kier molecular flexibility index (Phi) is 7.10. The van der Waals surface area contributed by atoms with Crippen molar-refractivity contribution >= 4 is 17.8 Å². The predicted octanol–water partition coefficient (Wildman–Crippen LogP) is 2.74. The molecule has 0 unspecified atom stereocenters. The SMILES string of the molecule is CN1CC(=O)N2[C@@H](Cc3ccc(F)cc3)C(=O)N(Cc3ccco3)C[C@@H]2N1C(=O)NCc1ccc(F)cc1. The van der Waals surface area contributed by atoms with Crippen LogP contribution in [0.2, 0.25) is 0 Å². The molecule has 2 saturated heterocycles. The molecule has 0 radical (unpaired) electrons. The number of hydrogen-bond acceptors (Lipinski definition) is 5.